The summed E-state index contributed by atoms with van der Waals surface area (Å²) in [4.78, 5) is 9.16. The SMILES string of the molecule is CCN1CCN(Cc2cccc(C=Nn3cc(C)nc3N)c2)CC1. The van der Waals surface area contributed by atoms with E-state index in [1.54, 1.807) is 4.68 Å². The second-order valence-corrected chi connectivity index (χ2v) is 6.29. The molecule has 0 amide bonds. The molecule has 0 bridgehead atoms. The molecule has 0 spiro atoms. The first-order chi connectivity index (χ1) is 11.6. The monoisotopic (exact) mass is 326 g/mol. The molecule has 1 fully saturated rings. The summed E-state index contributed by atoms with van der Waals surface area (Å²) in [7, 11) is 0. The highest BCUT2D eigenvalue weighted by atomic mass is 15.4. The summed E-state index contributed by atoms with van der Waals surface area (Å²) in [6.45, 7) is 10.9. The summed E-state index contributed by atoms with van der Waals surface area (Å²) in [5.74, 6) is 0.411. The molecular formula is C18H26N6. The van der Waals surface area contributed by atoms with Gasteiger partial charge in [-0.15, -0.1) is 0 Å². The second-order valence-electron chi connectivity index (χ2n) is 6.29. The van der Waals surface area contributed by atoms with Crippen LogP contribution in [0.4, 0.5) is 5.95 Å². The van der Waals surface area contributed by atoms with Crippen LogP contribution in [-0.2, 0) is 6.54 Å². The average molecular weight is 326 g/mol. The Morgan fingerprint density at radius 1 is 1.21 bits per heavy atom. The van der Waals surface area contributed by atoms with Crippen molar-refractivity contribution >= 4 is 12.2 Å². The summed E-state index contributed by atoms with van der Waals surface area (Å²) in [6, 6.07) is 8.51. The van der Waals surface area contributed by atoms with Crippen molar-refractivity contribution in [3.05, 3.63) is 47.3 Å². The van der Waals surface area contributed by atoms with Crippen molar-refractivity contribution in [1.82, 2.24) is 19.5 Å². The Balaban J connectivity index is 1.63. The molecule has 6 heteroatoms. The van der Waals surface area contributed by atoms with Crippen LogP contribution in [-0.4, -0.2) is 58.4 Å². The number of likely N-dealkylation sites (N-methyl/N-ethyl adjacent to an activating group) is 1. The van der Waals surface area contributed by atoms with Gasteiger partial charge in [0.15, 0.2) is 0 Å². The van der Waals surface area contributed by atoms with E-state index in [2.05, 4.69) is 51.1 Å². The number of imidazole rings is 1. The van der Waals surface area contributed by atoms with E-state index in [1.165, 1.54) is 5.56 Å². The zero-order valence-corrected chi connectivity index (χ0v) is 14.5. The zero-order chi connectivity index (χ0) is 16.9. The van der Waals surface area contributed by atoms with E-state index in [0.717, 1.165) is 50.5 Å². The minimum Gasteiger partial charge on any atom is -0.368 e. The highest BCUT2D eigenvalue weighted by Gasteiger charge is 2.15. The summed E-state index contributed by atoms with van der Waals surface area (Å²) in [5.41, 5.74) is 9.07. The number of hydrogen-bond donors (Lipinski definition) is 1. The van der Waals surface area contributed by atoms with Gasteiger partial charge in [0.1, 0.15) is 0 Å². The van der Waals surface area contributed by atoms with Crippen LogP contribution in [0.1, 0.15) is 23.7 Å². The van der Waals surface area contributed by atoms with Gasteiger partial charge in [0.25, 0.3) is 0 Å². The Bertz CT molecular complexity index is 697. The fraction of sp³-hybridized carbons (Fsp3) is 0.444. The third kappa shape index (κ3) is 4.21. The molecule has 24 heavy (non-hydrogen) atoms. The molecule has 0 saturated carbocycles. The summed E-state index contributed by atoms with van der Waals surface area (Å²) in [6.07, 6.45) is 3.65. The lowest BCUT2D eigenvalue weighted by Gasteiger charge is -2.34. The van der Waals surface area contributed by atoms with Crippen LogP contribution < -0.4 is 5.73 Å². The highest BCUT2D eigenvalue weighted by Crippen LogP contribution is 2.10. The Hall–Kier alpha value is -2.18. The molecule has 1 aromatic carbocycles. The summed E-state index contributed by atoms with van der Waals surface area (Å²) >= 11 is 0. The third-order valence-corrected chi connectivity index (χ3v) is 4.44. The molecule has 1 aromatic heterocycles. The number of aryl methyl sites for hydroxylation is 1. The molecule has 2 N–H and O–H groups in total. The van der Waals surface area contributed by atoms with Crippen LogP contribution in [0, 0.1) is 6.92 Å². The molecule has 1 aliphatic rings. The second kappa shape index (κ2) is 7.59. The quantitative estimate of drug-likeness (QED) is 0.851. The van der Waals surface area contributed by atoms with E-state index >= 15 is 0 Å². The number of nitrogens with two attached hydrogens (primary N) is 1. The Morgan fingerprint density at radius 2 is 1.96 bits per heavy atom. The number of rotatable bonds is 5. The van der Waals surface area contributed by atoms with Crippen molar-refractivity contribution in [2.24, 2.45) is 5.10 Å². The van der Waals surface area contributed by atoms with Crippen molar-refractivity contribution in [2.45, 2.75) is 20.4 Å². The summed E-state index contributed by atoms with van der Waals surface area (Å²) < 4.78 is 1.60. The first kappa shape index (κ1) is 16.7. The Labute approximate surface area is 143 Å². The highest BCUT2D eigenvalue weighted by molar-refractivity contribution is 5.79. The van der Waals surface area contributed by atoms with Gasteiger partial charge in [0.05, 0.1) is 18.1 Å². The Kier molecular flexibility index (Phi) is 5.27. The van der Waals surface area contributed by atoms with E-state index in [1.807, 2.05) is 19.3 Å². The van der Waals surface area contributed by atoms with E-state index in [4.69, 9.17) is 5.73 Å². The zero-order valence-electron chi connectivity index (χ0n) is 14.5. The number of anilines is 1. The molecule has 3 rings (SSSR count). The van der Waals surface area contributed by atoms with Crippen LogP contribution in [0.2, 0.25) is 0 Å². The predicted octanol–water partition coefficient (Wildman–Crippen LogP) is 1.79. The van der Waals surface area contributed by atoms with E-state index in [9.17, 15) is 0 Å². The van der Waals surface area contributed by atoms with E-state index in [-0.39, 0.29) is 0 Å². The van der Waals surface area contributed by atoms with Crippen molar-refractivity contribution in [3.63, 3.8) is 0 Å². The van der Waals surface area contributed by atoms with Crippen molar-refractivity contribution in [1.29, 1.82) is 0 Å². The molecule has 0 atom stereocenters. The van der Waals surface area contributed by atoms with Gasteiger partial charge >= 0.3 is 0 Å². The predicted molar refractivity (Wildman–Crippen MR) is 98.2 cm³/mol. The number of benzene rings is 1. The van der Waals surface area contributed by atoms with Crippen LogP contribution in [0.15, 0.2) is 35.6 Å². The molecule has 1 aliphatic heterocycles. The van der Waals surface area contributed by atoms with Crippen molar-refractivity contribution in [2.75, 3.05) is 38.5 Å². The topological polar surface area (TPSA) is 62.7 Å². The third-order valence-electron chi connectivity index (χ3n) is 4.44. The number of hydrogen-bond acceptors (Lipinski definition) is 5. The fourth-order valence-corrected chi connectivity index (χ4v) is 3.02. The molecule has 128 valence electrons. The van der Waals surface area contributed by atoms with Crippen molar-refractivity contribution < 1.29 is 0 Å². The minimum absolute atomic E-state index is 0.411. The number of aromatic nitrogens is 2. The van der Waals surface area contributed by atoms with Gasteiger partial charge in [0.2, 0.25) is 5.95 Å². The average Bonchev–Trinajstić information content (AvgIpc) is 2.91. The molecule has 6 nitrogen and oxygen atoms in total. The first-order valence-electron chi connectivity index (χ1n) is 8.53. The lowest BCUT2D eigenvalue weighted by Crippen LogP contribution is -2.45. The lowest BCUT2D eigenvalue weighted by atomic mass is 10.1. The van der Waals surface area contributed by atoms with E-state index in [0.29, 0.717) is 5.95 Å². The molecule has 1 saturated heterocycles. The molecule has 0 unspecified atom stereocenters. The van der Waals surface area contributed by atoms with Crippen molar-refractivity contribution in [3.8, 4) is 0 Å². The molecular weight excluding hydrogens is 300 g/mol. The number of nitrogens with zero attached hydrogens (tertiary/aromatic N) is 5. The maximum atomic E-state index is 5.81. The Morgan fingerprint density at radius 3 is 2.62 bits per heavy atom. The maximum Gasteiger partial charge on any atom is 0.221 e. The smallest absolute Gasteiger partial charge is 0.221 e. The van der Waals surface area contributed by atoms with Crippen LogP contribution >= 0.6 is 0 Å². The van der Waals surface area contributed by atoms with Gasteiger partial charge < -0.3 is 10.6 Å². The number of piperazine rings is 1. The van der Waals surface area contributed by atoms with Gasteiger partial charge in [-0.3, -0.25) is 4.90 Å². The summed E-state index contributed by atoms with van der Waals surface area (Å²) in [5, 5.41) is 4.39. The van der Waals surface area contributed by atoms with Crippen LogP contribution in [0.25, 0.3) is 0 Å². The maximum absolute atomic E-state index is 5.81. The lowest BCUT2D eigenvalue weighted by molar-refractivity contribution is 0.132. The fourth-order valence-electron chi connectivity index (χ4n) is 3.02. The van der Waals surface area contributed by atoms with Gasteiger partial charge in [-0.25, -0.2) is 9.66 Å². The largest absolute Gasteiger partial charge is 0.368 e. The molecule has 0 radical (unpaired) electrons. The van der Waals surface area contributed by atoms with Crippen LogP contribution in [0.3, 0.4) is 0 Å². The number of nitrogen functional groups attached to an aromatic ring is 1. The molecule has 2 aromatic rings. The first-order valence-corrected chi connectivity index (χ1v) is 8.53. The normalized spacial score (nSPS) is 16.9. The molecule has 2 heterocycles. The van der Waals surface area contributed by atoms with E-state index < -0.39 is 0 Å². The van der Waals surface area contributed by atoms with Gasteiger partial charge in [-0.2, -0.15) is 5.10 Å². The van der Waals surface area contributed by atoms with Gasteiger partial charge in [-0.05, 0) is 30.7 Å². The standard InChI is InChI=1S/C18H26N6/c1-3-22-7-9-23(10-8-22)14-17-6-4-5-16(11-17)12-20-24-13-15(2)21-18(24)19/h4-6,11-13H,3,7-10,14H2,1-2H3,(H2,19,21). The van der Waals surface area contributed by atoms with Crippen LogP contribution in [0.5, 0.6) is 0 Å². The minimum atomic E-state index is 0.411. The van der Waals surface area contributed by atoms with Gasteiger partial charge in [-0.1, -0.05) is 25.1 Å². The molecule has 0 aliphatic carbocycles. The van der Waals surface area contributed by atoms with Gasteiger partial charge in [0, 0.05) is 32.7 Å².